The molecule has 172 valence electrons. The first-order valence-electron chi connectivity index (χ1n) is 11.2. The molecule has 0 bridgehead atoms. The Kier molecular flexibility index (Phi) is 14.3. The van der Waals surface area contributed by atoms with E-state index in [0.29, 0.717) is 5.92 Å². The number of aliphatic hydroxyl groups excluding tert-OH is 1. The zero-order valence-corrected chi connectivity index (χ0v) is 21.2. The zero-order valence-electron chi connectivity index (χ0n) is 18.9. The Bertz CT molecular complexity index is 585. The van der Waals surface area contributed by atoms with Crippen LogP contribution in [0.3, 0.4) is 0 Å². The average molecular weight is 533 g/mol. The van der Waals surface area contributed by atoms with Gasteiger partial charge in [-0.15, -0.1) is 24.0 Å². The highest BCUT2D eigenvalue weighted by Gasteiger charge is 2.23. The van der Waals surface area contributed by atoms with Crippen molar-refractivity contribution >= 4 is 29.9 Å². The van der Waals surface area contributed by atoms with Crippen LogP contribution in [0.15, 0.2) is 29.3 Å². The Morgan fingerprint density at radius 1 is 1.13 bits per heavy atom. The second-order valence-corrected chi connectivity index (χ2v) is 7.84. The topological polar surface area (TPSA) is 69.1 Å². The third-order valence-electron chi connectivity index (χ3n) is 5.50. The van der Waals surface area contributed by atoms with Crippen molar-refractivity contribution in [3.63, 3.8) is 0 Å². The molecular weight excluding hydrogens is 491 g/mol. The maximum atomic E-state index is 9.30. The van der Waals surface area contributed by atoms with Gasteiger partial charge in [-0.05, 0) is 38.2 Å². The van der Waals surface area contributed by atoms with Gasteiger partial charge in [-0.3, -0.25) is 9.89 Å². The average Bonchev–Trinajstić information content (AvgIpc) is 2.74. The van der Waals surface area contributed by atoms with E-state index in [9.17, 15) is 5.11 Å². The molecular formula is C23H41IN4O2. The molecule has 1 fully saturated rings. The van der Waals surface area contributed by atoms with Gasteiger partial charge < -0.3 is 20.5 Å². The quantitative estimate of drug-likeness (QED) is 0.232. The monoisotopic (exact) mass is 532 g/mol. The SMILES string of the molecule is CCCC(CCO)CN=C(NCC)NCC(c1ccc(C)cc1)N1CCOCC1.I. The first-order valence-corrected chi connectivity index (χ1v) is 11.2. The lowest BCUT2D eigenvalue weighted by Crippen LogP contribution is -2.46. The van der Waals surface area contributed by atoms with Gasteiger partial charge >= 0.3 is 0 Å². The van der Waals surface area contributed by atoms with Gasteiger partial charge in [0.15, 0.2) is 5.96 Å². The normalized spacial score (nSPS) is 17.1. The largest absolute Gasteiger partial charge is 0.396 e. The number of nitrogens with zero attached hydrogens (tertiary/aromatic N) is 2. The lowest BCUT2D eigenvalue weighted by molar-refractivity contribution is 0.0170. The van der Waals surface area contributed by atoms with Crippen molar-refractivity contribution in [2.75, 3.05) is 52.5 Å². The van der Waals surface area contributed by atoms with Gasteiger partial charge in [0.25, 0.3) is 0 Å². The lowest BCUT2D eigenvalue weighted by Gasteiger charge is -2.35. The van der Waals surface area contributed by atoms with E-state index in [1.54, 1.807) is 0 Å². The van der Waals surface area contributed by atoms with E-state index in [-0.39, 0.29) is 36.6 Å². The minimum atomic E-state index is 0. The Labute approximate surface area is 199 Å². The van der Waals surface area contributed by atoms with Crippen LogP contribution in [0.2, 0.25) is 0 Å². The number of morpholine rings is 1. The fourth-order valence-corrected chi connectivity index (χ4v) is 3.81. The summed E-state index contributed by atoms with van der Waals surface area (Å²) in [4.78, 5) is 7.31. The molecule has 2 unspecified atom stereocenters. The van der Waals surface area contributed by atoms with Gasteiger partial charge in [0, 0.05) is 39.3 Å². The summed E-state index contributed by atoms with van der Waals surface area (Å²) in [6, 6.07) is 9.13. The summed E-state index contributed by atoms with van der Waals surface area (Å²) in [6.45, 7) is 12.5. The molecule has 3 N–H and O–H groups in total. The molecule has 6 nitrogen and oxygen atoms in total. The number of halogens is 1. The van der Waals surface area contributed by atoms with Gasteiger partial charge in [0.05, 0.1) is 19.3 Å². The molecule has 2 atom stereocenters. The second-order valence-electron chi connectivity index (χ2n) is 7.84. The molecule has 1 heterocycles. The molecule has 1 saturated heterocycles. The summed E-state index contributed by atoms with van der Waals surface area (Å²) in [5.74, 6) is 1.30. The Morgan fingerprint density at radius 2 is 1.83 bits per heavy atom. The first-order chi connectivity index (χ1) is 14.2. The van der Waals surface area contributed by atoms with Crippen LogP contribution in [-0.4, -0.2) is 68.5 Å². The Balaban J connectivity index is 0.00000450. The van der Waals surface area contributed by atoms with Gasteiger partial charge in [-0.25, -0.2) is 0 Å². The number of rotatable bonds is 11. The number of ether oxygens (including phenoxy) is 1. The summed E-state index contributed by atoms with van der Waals surface area (Å²) in [6.07, 6.45) is 3.04. The van der Waals surface area contributed by atoms with Crippen molar-refractivity contribution < 1.29 is 9.84 Å². The maximum Gasteiger partial charge on any atom is 0.191 e. The highest BCUT2D eigenvalue weighted by molar-refractivity contribution is 14.0. The number of guanidine groups is 1. The summed E-state index contributed by atoms with van der Waals surface area (Å²) in [5, 5.41) is 16.2. The van der Waals surface area contributed by atoms with Gasteiger partial charge in [-0.1, -0.05) is 43.2 Å². The fourth-order valence-electron chi connectivity index (χ4n) is 3.81. The Hall–Kier alpha value is -0.900. The number of aliphatic hydroxyl groups is 1. The molecule has 1 aliphatic rings. The number of hydrogen-bond donors (Lipinski definition) is 3. The van der Waals surface area contributed by atoms with E-state index in [2.05, 4.69) is 60.6 Å². The standard InChI is InChI=1S/C23H40N4O2.HI/c1-4-6-20(11-14-28)17-25-23(24-5-2)26-18-22(27-12-15-29-16-13-27)21-9-7-19(3)8-10-21;/h7-10,20,22,28H,4-6,11-18H2,1-3H3,(H2,24,25,26);1H. The van der Waals surface area contributed by atoms with Gasteiger partial charge in [-0.2, -0.15) is 0 Å². The molecule has 0 saturated carbocycles. The predicted octanol–water partition coefficient (Wildman–Crippen LogP) is 3.34. The molecule has 1 aromatic carbocycles. The summed E-state index contributed by atoms with van der Waals surface area (Å²) in [5.41, 5.74) is 2.60. The summed E-state index contributed by atoms with van der Waals surface area (Å²) < 4.78 is 5.56. The van der Waals surface area contributed by atoms with Crippen LogP contribution in [-0.2, 0) is 4.74 Å². The van der Waals surface area contributed by atoms with Crippen molar-refractivity contribution in [1.82, 2.24) is 15.5 Å². The molecule has 7 heteroatoms. The third kappa shape index (κ3) is 9.49. The van der Waals surface area contributed by atoms with E-state index in [1.807, 2.05) is 0 Å². The van der Waals surface area contributed by atoms with Crippen molar-refractivity contribution in [3.8, 4) is 0 Å². The minimum Gasteiger partial charge on any atom is -0.396 e. The van der Waals surface area contributed by atoms with E-state index in [4.69, 9.17) is 9.73 Å². The van der Waals surface area contributed by atoms with Crippen molar-refractivity contribution in [2.24, 2.45) is 10.9 Å². The fraction of sp³-hybridized carbons (Fsp3) is 0.696. The summed E-state index contributed by atoms with van der Waals surface area (Å²) in [7, 11) is 0. The van der Waals surface area contributed by atoms with Crippen molar-refractivity contribution in [1.29, 1.82) is 0 Å². The van der Waals surface area contributed by atoms with E-state index in [1.165, 1.54) is 11.1 Å². The van der Waals surface area contributed by atoms with Crippen LogP contribution in [0.1, 0.15) is 50.3 Å². The zero-order chi connectivity index (χ0) is 20.9. The molecule has 0 spiro atoms. The van der Waals surface area contributed by atoms with Crippen LogP contribution >= 0.6 is 24.0 Å². The molecule has 1 aromatic rings. The Morgan fingerprint density at radius 3 is 2.43 bits per heavy atom. The molecule has 0 aliphatic carbocycles. The van der Waals surface area contributed by atoms with Gasteiger partial charge in [0.1, 0.15) is 0 Å². The van der Waals surface area contributed by atoms with Crippen LogP contribution < -0.4 is 10.6 Å². The van der Waals surface area contributed by atoms with Gasteiger partial charge in [0.2, 0.25) is 0 Å². The second kappa shape index (κ2) is 15.8. The highest BCUT2D eigenvalue weighted by atomic mass is 127. The molecule has 30 heavy (non-hydrogen) atoms. The van der Waals surface area contributed by atoms with E-state index < -0.39 is 0 Å². The number of hydrogen-bond acceptors (Lipinski definition) is 4. The smallest absolute Gasteiger partial charge is 0.191 e. The highest BCUT2D eigenvalue weighted by Crippen LogP contribution is 2.22. The maximum absolute atomic E-state index is 9.30. The first kappa shape index (κ1) is 27.1. The molecule has 2 rings (SSSR count). The molecule has 1 aliphatic heterocycles. The van der Waals surface area contributed by atoms with E-state index in [0.717, 1.165) is 71.2 Å². The van der Waals surface area contributed by atoms with Crippen molar-refractivity contribution in [2.45, 2.75) is 46.1 Å². The lowest BCUT2D eigenvalue weighted by atomic mass is 10.0. The van der Waals surface area contributed by atoms with Crippen LogP contribution in [0.4, 0.5) is 0 Å². The van der Waals surface area contributed by atoms with Crippen LogP contribution in [0, 0.1) is 12.8 Å². The molecule has 0 aromatic heterocycles. The third-order valence-corrected chi connectivity index (χ3v) is 5.50. The number of aliphatic imine (C=N–C) groups is 1. The van der Waals surface area contributed by atoms with E-state index >= 15 is 0 Å². The number of benzene rings is 1. The minimum absolute atomic E-state index is 0. The number of aryl methyl sites for hydroxylation is 1. The predicted molar refractivity (Wildman–Crippen MR) is 136 cm³/mol. The van der Waals surface area contributed by atoms with Crippen LogP contribution in [0.25, 0.3) is 0 Å². The van der Waals surface area contributed by atoms with Crippen molar-refractivity contribution in [3.05, 3.63) is 35.4 Å². The summed E-state index contributed by atoms with van der Waals surface area (Å²) >= 11 is 0. The number of nitrogens with one attached hydrogen (secondary N) is 2. The van der Waals surface area contributed by atoms with Crippen LogP contribution in [0.5, 0.6) is 0 Å². The molecule has 0 radical (unpaired) electrons. The molecule has 0 amide bonds.